The molecular weight excluding hydrogens is 216 g/mol. The van der Waals surface area contributed by atoms with Gasteiger partial charge in [-0.3, -0.25) is 0 Å². The van der Waals surface area contributed by atoms with E-state index in [0.29, 0.717) is 24.9 Å². The maximum atomic E-state index is 9.54. The molecule has 3 heteroatoms. The van der Waals surface area contributed by atoms with Gasteiger partial charge in [-0.25, -0.2) is 0 Å². The van der Waals surface area contributed by atoms with Gasteiger partial charge in [0.25, 0.3) is 0 Å². The molecule has 0 aromatic heterocycles. The van der Waals surface area contributed by atoms with Gasteiger partial charge in [0.1, 0.15) is 0 Å². The summed E-state index contributed by atoms with van der Waals surface area (Å²) >= 11 is 0. The maximum Gasteiger partial charge on any atom is 0.161 e. The lowest BCUT2D eigenvalue weighted by Crippen LogP contribution is -2.00. The lowest BCUT2D eigenvalue weighted by atomic mass is 10.1. The summed E-state index contributed by atoms with van der Waals surface area (Å²) < 4.78 is 10.9. The molecule has 0 spiro atoms. The van der Waals surface area contributed by atoms with Crippen molar-refractivity contribution in [3.05, 3.63) is 23.8 Å². The Morgan fingerprint density at radius 2 is 2.06 bits per heavy atom. The third kappa shape index (κ3) is 5.09. The molecule has 0 aliphatic rings. The van der Waals surface area contributed by atoms with Crippen molar-refractivity contribution in [2.45, 2.75) is 33.8 Å². The topological polar surface area (TPSA) is 38.7 Å². The summed E-state index contributed by atoms with van der Waals surface area (Å²) in [5, 5.41) is 9.54. The SMILES string of the molecule is CCOc1cc(COCCC(C)C)ccc1O. The van der Waals surface area contributed by atoms with Gasteiger partial charge < -0.3 is 14.6 Å². The first-order valence-corrected chi connectivity index (χ1v) is 6.16. The van der Waals surface area contributed by atoms with Crippen LogP contribution in [0.15, 0.2) is 18.2 Å². The number of ether oxygens (including phenoxy) is 2. The summed E-state index contributed by atoms with van der Waals surface area (Å²) in [5.74, 6) is 1.36. The number of phenols is 1. The highest BCUT2D eigenvalue weighted by Crippen LogP contribution is 2.27. The normalized spacial score (nSPS) is 10.8. The van der Waals surface area contributed by atoms with E-state index in [1.54, 1.807) is 6.07 Å². The van der Waals surface area contributed by atoms with Crippen molar-refractivity contribution in [1.29, 1.82) is 0 Å². The Balaban J connectivity index is 2.45. The fraction of sp³-hybridized carbons (Fsp3) is 0.571. The molecule has 0 fully saturated rings. The Morgan fingerprint density at radius 3 is 2.71 bits per heavy atom. The molecule has 0 saturated carbocycles. The summed E-state index contributed by atoms with van der Waals surface area (Å²) in [6.45, 7) is 8.13. The van der Waals surface area contributed by atoms with E-state index in [0.717, 1.165) is 18.6 Å². The van der Waals surface area contributed by atoms with Crippen molar-refractivity contribution < 1.29 is 14.6 Å². The molecule has 96 valence electrons. The van der Waals surface area contributed by atoms with E-state index in [1.165, 1.54) is 0 Å². The molecular formula is C14H22O3. The van der Waals surface area contributed by atoms with Crippen molar-refractivity contribution >= 4 is 0 Å². The van der Waals surface area contributed by atoms with E-state index < -0.39 is 0 Å². The zero-order valence-corrected chi connectivity index (χ0v) is 10.9. The van der Waals surface area contributed by atoms with Crippen LogP contribution in [0, 0.1) is 5.92 Å². The van der Waals surface area contributed by atoms with Crippen molar-refractivity contribution in [2.24, 2.45) is 5.92 Å². The van der Waals surface area contributed by atoms with Crippen LogP contribution in [-0.4, -0.2) is 18.3 Å². The molecule has 1 rings (SSSR count). The number of hydrogen-bond donors (Lipinski definition) is 1. The van der Waals surface area contributed by atoms with E-state index in [9.17, 15) is 5.11 Å². The third-order valence-electron chi connectivity index (χ3n) is 2.43. The standard InChI is InChI=1S/C14H22O3/c1-4-17-14-9-12(5-6-13(14)15)10-16-8-7-11(2)3/h5-6,9,11,15H,4,7-8,10H2,1-3H3. The molecule has 0 heterocycles. The minimum atomic E-state index is 0.179. The average molecular weight is 238 g/mol. The summed E-state index contributed by atoms with van der Waals surface area (Å²) in [7, 11) is 0. The van der Waals surface area contributed by atoms with Crippen LogP contribution in [0.25, 0.3) is 0 Å². The predicted molar refractivity (Wildman–Crippen MR) is 68.4 cm³/mol. The quantitative estimate of drug-likeness (QED) is 0.740. The zero-order valence-electron chi connectivity index (χ0n) is 10.9. The zero-order chi connectivity index (χ0) is 12.7. The molecule has 0 radical (unpaired) electrons. The number of phenolic OH excluding ortho intramolecular Hbond substituents is 1. The van der Waals surface area contributed by atoms with Crippen LogP contribution in [0.5, 0.6) is 11.5 Å². The van der Waals surface area contributed by atoms with Gasteiger partial charge in [-0.1, -0.05) is 19.9 Å². The van der Waals surface area contributed by atoms with E-state index in [4.69, 9.17) is 9.47 Å². The van der Waals surface area contributed by atoms with Crippen molar-refractivity contribution in [3.63, 3.8) is 0 Å². The summed E-state index contributed by atoms with van der Waals surface area (Å²) in [4.78, 5) is 0. The van der Waals surface area contributed by atoms with Crippen LogP contribution >= 0.6 is 0 Å². The number of hydrogen-bond acceptors (Lipinski definition) is 3. The van der Waals surface area contributed by atoms with Gasteiger partial charge in [0.2, 0.25) is 0 Å². The smallest absolute Gasteiger partial charge is 0.161 e. The molecule has 3 nitrogen and oxygen atoms in total. The van der Waals surface area contributed by atoms with Crippen LogP contribution in [0.1, 0.15) is 32.8 Å². The molecule has 1 aromatic carbocycles. The minimum Gasteiger partial charge on any atom is -0.504 e. The van der Waals surface area contributed by atoms with Gasteiger partial charge in [-0.2, -0.15) is 0 Å². The molecule has 17 heavy (non-hydrogen) atoms. The highest BCUT2D eigenvalue weighted by atomic mass is 16.5. The molecule has 0 amide bonds. The highest BCUT2D eigenvalue weighted by Gasteiger charge is 2.03. The second-order valence-corrected chi connectivity index (χ2v) is 4.47. The minimum absolute atomic E-state index is 0.179. The van der Waals surface area contributed by atoms with Gasteiger partial charge in [0, 0.05) is 6.61 Å². The summed E-state index contributed by atoms with van der Waals surface area (Å²) in [6, 6.07) is 5.33. The first kappa shape index (κ1) is 13.8. The fourth-order valence-corrected chi connectivity index (χ4v) is 1.43. The van der Waals surface area contributed by atoms with Gasteiger partial charge in [0.15, 0.2) is 11.5 Å². The first-order valence-electron chi connectivity index (χ1n) is 6.16. The Morgan fingerprint density at radius 1 is 1.29 bits per heavy atom. The van der Waals surface area contributed by atoms with Crippen LogP contribution < -0.4 is 4.74 Å². The molecule has 0 unspecified atom stereocenters. The van der Waals surface area contributed by atoms with E-state index in [-0.39, 0.29) is 5.75 Å². The lowest BCUT2D eigenvalue weighted by molar-refractivity contribution is 0.110. The van der Waals surface area contributed by atoms with Crippen molar-refractivity contribution in [1.82, 2.24) is 0 Å². The Bertz CT molecular complexity index is 334. The maximum absolute atomic E-state index is 9.54. The van der Waals surface area contributed by atoms with Crippen LogP contribution in [0.3, 0.4) is 0 Å². The molecule has 0 bridgehead atoms. The average Bonchev–Trinajstić information content (AvgIpc) is 2.28. The van der Waals surface area contributed by atoms with Gasteiger partial charge in [0.05, 0.1) is 13.2 Å². The molecule has 0 aliphatic heterocycles. The lowest BCUT2D eigenvalue weighted by Gasteiger charge is -2.09. The monoisotopic (exact) mass is 238 g/mol. The van der Waals surface area contributed by atoms with E-state index in [1.807, 2.05) is 19.1 Å². The van der Waals surface area contributed by atoms with Crippen LogP contribution in [0.4, 0.5) is 0 Å². The van der Waals surface area contributed by atoms with Crippen molar-refractivity contribution in [3.8, 4) is 11.5 Å². The van der Waals surface area contributed by atoms with Crippen LogP contribution in [-0.2, 0) is 11.3 Å². The second-order valence-electron chi connectivity index (χ2n) is 4.47. The second kappa shape index (κ2) is 7.17. The Kier molecular flexibility index (Phi) is 5.84. The number of benzene rings is 1. The molecule has 1 N–H and O–H groups in total. The van der Waals surface area contributed by atoms with E-state index in [2.05, 4.69) is 13.8 Å². The number of aromatic hydroxyl groups is 1. The highest BCUT2D eigenvalue weighted by molar-refractivity contribution is 5.41. The van der Waals surface area contributed by atoms with E-state index >= 15 is 0 Å². The third-order valence-corrected chi connectivity index (χ3v) is 2.43. The molecule has 0 atom stereocenters. The van der Waals surface area contributed by atoms with Gasteiger partial charge in [-0.15, -0.1) is 0 Å². The van der Waals surface area contributed by atoms with Gasteiger partial charge in [-0.05, 0) is 37.0 Å². The largest absolute Gasteiger partial charge is 0.504 e. The van der Waals surface area contributed by atoms with Crippen molar-refractivity contribution in [2.75, 3.05) is 13.2 Å². The number of rotatable bonds is 7. The van der Waals surface area contributed by atoms with Gasteiger partial charge >= 0.3 is 0 Å². The predicted octanol–water partition coefficient (Wildman–Crippen LogP) is 3.35. The Hall–Kier alpha value is -1.22. The molecule has 0 aliphatic carbocycles. The molecule has 1 aromatic rings. The molecule has 0 saturated heterocycles. The van der Waals surface area contributed by atoms with Crippen LogP contribution in [0.2, 0.25) is 0 Å². The summed E-state index contributed by atoms with van der Waals surface area (Å²) in [5.41, 5.74) is 1.02. The Labute approximate surface area is 103 Å². The first-order chi connectivity index (χ1) is 8.13. The fourth-order valence-electron chi connectivity index (χ4n) is 1.43. The summed E-state index contributed by atoms with van der Waals surface area (Å²) in [6.07, 6.45) is 1.07.